The Morgan fingerprint density at radius 2 is 2.00 bits per heavy atom. The van der Waals surface area contributed by atoms with Crippen LogP contribution >= 0.6 is 0 Å². The summed E-state index contributed by atoms with van der Waals surface area (Å²) in [7, 11) is 0. The van der Waals surface area contributed by atoms with Crippen molar-refractivity contribution in [1.82, 2.24) is 4.90 Å². The van der Waals surface area contributed by atoms with Crippen molar-refractivity contribution in [2.45, 2.75) is 53.4 Å². The van der Waals surface area contributed by atoms with Gasteiger partial charge in [-0.05, 0) is 38.0 Å². The number of amides is 1. The van der Waals surface area contributed by atoms with Crippen LogP contribution < -0.4 is 5.73 Å². The minimum absolute atomic E-state index is 0.00509. The first kappa shape index (κ1) is 15.8. The molecule has 1 aliphatic heterocycles. The van der Waals surface area contributed by atoms with Crippen LogP contribution in [-0.4, -0.2) is 34.9 Å². The zero-order chi connectivity index (χ0) is 14.7. The van der Waals surface area contributed by atoms with Gasteiger partial charge >= 0.3 is 0 Å². The van der Waals surface area contributed by atoms with Crippen LogP contribution in [0.2, 0.25) is 0 Å². The highest BCUT2D eigenvalue weighted by Gasteiger charge is 2.44. The fourth-order valence-corrected chi connectivity index (χ4v) is 2.84. The van der Waals surface area contributed by atoms with Crippen molar-refractivity contribution in [2.24, 2.45) is 21.7 Å². The van der Waals surface area contributed by atoms with Gasteiger partial charge in [-0.2, -0.15) is 0 Å². The molecular formula is C14H27N3O2. The van der Waals surface area contributed by atoms with E-state index in [1.807, 2.05) is 11.8 Å². The molecule has 0 aliphatic carbocycles. The number of carbonyl (C=O) groups excluding carboxylic acids is 1. The van der Waals surface area contributed by atoms with Gasteiger partial charge in [0, 0.05) is 13.1 Å². The van der Waals surface area contributed by atoms with Crippen LogP contribution in [0, 0.1) is 10.8 Å². The smallest absolute Gasteiger partial charge is 0.236 e. The second kappa shape index (κ2) is 5.80. The molecule has 0 spiro atoms. The van der Waals surface area contributed by atoms with Crippen LogP contribution in [-0.2, 0) is 4.79 Å². The number of hydrogen-bond donors (Lipinski definition) is 2. The summed E-state index contributed by atoms with van der Waals surface area (Å²) in [6.45, 7) is 9.56. The van der Waals surface area contributed by atoms with Gasteiger partial charge in [0.2, 0.25) is 5.91 Å². The maximum atomic E-state index is 12.7. The van der Waals surface area contributed by atoms with E-state index in [0.29, 0.717) is 6.42 Å². The number of hydrogen-bond acceptors (Lipinski definition) is 3. The fourth-order valence-electron chi connectivity index (χ4n) is 2.84. The number of oxime groups is 1. The predicted octanol–water partition coefficient (Wildman–Crippen LogP) is 2.19. The minimum atomic E-state index is -0.897. The van der Waals surface area contributed by atoms with Gasteiger partial charge in [-0.15, -0.1) is 0 Å². The van der Waals surface area contributed by atoms with Crippen LogP contribution in [0.1, 0.15) is 53.4 Å². The molecule has 1 amide bonds. The number of amidine groups is 1. The van der Waals surface area contributed by atoms with E-state index in [9.17, 15) is 4.79 Å². The van der Waals surface area contributed by atoms with Crippen molar-refractivity contribution in [1.29, 1.82) is 0 Å². The number of likely N-dealkylation sites (tertiary alicyclic amines) is 1. The molecule has 0 aromatic rings. The lowest BCUT2D eigenvalue weighted by Crippen LogP contribution is -2.49. The highest BCUT2D eigenvalue weighted by Crippen LogP contribution is 2.39. The summed E-state index contributed by atoms with van der Waals surface area (Å²) in [6, 6.07) is 0. The molecule has 5 heteroatoms. The van der Waals surface area contributed by atoms with Crippen molar-refractivity contribution in [3.8, 4) is 0 Å². The molecule has 0 aromatic heterocycles. The molecule has 110 valence electrons. The van der Waals surface area contributed by atoms with Crippen molar-refractivity contribution >= 4 is 11.7 Å². The Hall–Kier alpha value is -1.26. The molecule has 1 fully saturated rings. The van der Waals surface area contributed by atoms with Gasteiger partial charge in [-0.3, -0.25) is 4.79 Å². The van der Waals surface area contributed by atoms with E-state index in [1.54, 1.807) is 6.92 Å². The van der Waals surface area contributed by atoms with Crippen LogP contribution in [0.3, 0.4) is 0 Å². The maximum absolute atomic E-state index is 12.7. The van der Waals surface area contributed by atoms with Crippen molar-refractivity contribution < 1.29 is 10.0 Å². The molecule has 3 N–H and O–H groups in total. The average Bonchev–Trinajstić information content (AvgIpc) is 2.89. The third-order valence-corrected chi connectivity index (χ3v) is 5.08. The summed E-state index contributed by atoms with van der Waals surface area (Å²) in [6.07, 6.45) is 3.74. The first-order chi connectivity index (χ1) is 8.89. The van der Waals surface area contributed by atoms with Gasteiger partial charge in [0.15, 0.2) is 5.84 Å². The van der Waals surface area contributed by atoms with E-state index in [1.165, 1.54) is 0 Å². The lowest BCUT2D eigenvalue weighted by Gasteiger charge is -2.32. The van der Waals surface area contributed by atoms with Crippen LogP contribution in [0.5, 0.6) is 0 Å². The van der Waals surface area contributed by atoms with Gasteiger partial charge in [0.05, 0.1) is 0 Å². The molecule has 1 atom stereocenters. The first-order valence-electron chi connectivity index (χ1n) is 7.16. The minimum Gasteiger partial charge on any atom is -0.409 e. The Kier molecular flexibility index (Phi) is 4.82. The molecule has 5 nitrogen and oxygen atoms in total. The maximum Gasteiger partial charge on any atom is 0.236 e. The second-order valence-electron chi connectivity index (χ2n) is 5.85. The topological polar surface area (TPSA) is 78.9 Å². The number of nitrogens with zero attached hydrogens (tertiary/aromatic N) is 2. The van der Waals surface area contributed by atoms with E-state index in [0.717, 1.165) is 32.4 Å². The van der Waals surface area contributed by atoms with Gasteiger partial charge in [0.25, 0.3) is 0 Å². The van der Waals surface area contributed by atoms with E-state index in [-0.39, 0.29) is 17.2 Å². The van der Waals surface area contributed by atoms with Gasteiger partial charge in [0.1, 0.15) is 5.41 Å². The van der Waals surface area contributed by atoms with Crippen LogP contribution in [0.4, 0.5) is 0 Å². The Balaban J connectivity index is 2.90. The zero-order valence-electron chi connectivity index (χ0n) is 12.6. The molecule has 0 radical (unpaired) electrons. The summed E-state index contributed by atoms with van der Waals surface area (Å²) in [4.78, 5) is 14.6. The predicted molar refractivity (Wildman–Crippen MR) is 76.0 cm³/mol. The molecule has 19 heavy (non-hydrogen) atoms. The lowest BCUT2D eigenvalue weighted by molar-refractivity contribution is -0.137. The fraction of sp³-hybridized carbons (Fsp3) is 0.857. The first-order valence-corrected chi connectivity index (χ1v) is 7.16. The van der Waals surface area contributed by atoms with Crippen molar-refractivity contribution in [2.75, 3.05) is 13.1 Å². The zero-order valence-corrected chi connectivity index (χ0v) is 12.6. The Morgan fingerprint density at radius 3 is 2.37 bits per heavy atom. The summed E-state index contributed by atoms with van der Waals surface area (Å²) < 4.78 is 0. The Labute approximate surface area is 115 Å². The van der Waals surface area contributed by atoms with E-state index in [4.69, 9.17) is 10.9 Å². The average molecular weight is 269 g/mol. The molecule has 1 heterocycles. The van der Waals surface area contributed by atoms with E-state index >= 15 is 0 Å². The number of nitrogens with two attached hydrogens (primary N) is 1. The quantitative estimate of drug-likeness (QED) is 0.347. The van der Waals surface area contributed by atoms with Crippen molar-refractivity contribution in [3.63, 3.8) is 0 Å². The van der Waals surface area contributed by atoms with Gasteiger partial charge in [-0.1, -0.05) is 25.9 Å². The van der Waals surface area contributed by atoms with Crippen molar-refractivity contribution in [3.05, 3.63) is 0 Å². The van der Waals surface area contributed by atoms with Gasteiger partial charge < -0.3 is 15.8 Å². The monoisotopic (exact) mass is 269 g/mol. The SMILES string of the molecule is CCC1(CC)CCN(C(=O)C(C)(CC)C(N)=NO)C1. The molecule has 0 bridgehead atoms. The van der Waals surface area contributed by atoms with E-state index in [2.05, 4.69) is 19.0 Å². The lowest BCUT2D eigenvalue weighted by atomic mass is 9.81. The molecular weight excluding hydrogens is 242 g/mol. The highest BCUT2D eigenvalue weighted by atomic mass is 16.4. The molecule has 1 saturated heterocycles. The normalized spacial score (nSPS) is 22.3. The third kappa shape index (κ3) is 2.69. The standard InChI is InChI=1S/C14H27N3O2/c1-5-13(4,11(15)16-19)12(18)17-9-8-14(6-2,7-3)10-17/h19H,5-10H2,1-4H3,(H2,15,16). The number of rotatable bonds is 5. The molecule has 1 rings (SSSR count). The highest BCUT2D eigenvalue weighted by molar-refractivity contribution is 6.06. The van der Waals surface area contributed by atoms with Crippen LogP contribution in [0.15, 0.2) is 5.16 Å². The molecule has 1 aliphatic rings. The molecule has 1 unspecified atom stereocenters. The summed E-state index contributed by atoms with van der Waals surface area (Å²) >= 11 is 0. The largest absolute Gasteiger partial charge is 0.409 e. The van der Waals surface area contributed by atoms with Crippen LogP contribution in [0.25, 0.3) is 0 Å². The summed E-state index contributed by atoms with van der Waals surface area (Å²) in [5, 5.41) is 11.9. The Bertz CT molecular complexity index is 364. The molecule has 0 aromatic carbocycles. The van der Waals surface area contributed by atoms with Gasteiger partial charge in [-0.25, -0.2) is 0 Å². The third-order valence-electron chi connectivity index (χ3n) is 5.08. The summed E-state index contributed by atoms with van der Waals surface area (Å²) in [5.41, 5.74) is 5.06. The number of carbonyl (C=O) groups is 1. The van der Waals surface area contributed by atoms with E-state index < -0.39 is 5.41 Å². The molecule has 0 saturated carbocycles. The summed E-state index contributed by atoms with van der Waals surface area (Å²) in [5.74, 6) is -0.0143. The Morgan fingerprint density at radius 1 is 1.42 bits per heavy atom. The second-order valence-corrected chi connectivity index (χ2v) is 5.85.